The van der Waals surface area contributed by atoms with Crippen LogP contribution < -0.4 is 0 Å². The summed E-state index contributed by atoms with van der Waals surface area (Å²) in [7, 11) is 3.75. The molecule has 0 bridgehead atoms. The summed E-state index contributed by atoms with van der Waals surface area (Å²) in [6.07, 6.45) is 4.19. The van der Waals surface area contributed by atoms with Crippen molar-refractivity contribution in [3.8, 4) is 0 Å². The number of methoxy groups -OCH3 is 1. The van der Waals surface area contributed by atoms with Gasteiger partial charge < -0.3 is 14.4 Å². The van der Waals surface area contributed by atoms with Gasteiger partial charge in [0, 0.05) is 33.5 Å². The van der Waals surface area contributed by atoms with Crippen LogP contribution in [0.1, 0.15) is 59.3 Å². The fourth-order valence-corrected chi connectivity index (χ4v) is 4.20. The molecule has 0 saturated carbocycles. The van der Waals surface area contributed by atoms with E-state index >= 15 is 0 Å². The number of ether oxygens (including phenoxy) is 2. The summed E-state index contributed by atoms with van der Waals surface area (Å²) in [6, 6.07) is 0. The molecule has 2 rings (SSSR count). The Morgan fingerprint density at radius 3 is 2.36 bits per heavy atom. The zero-order valence-corrected chi connectivity index (χ0v) is 18.1. The largest absolute Gasteiger partial charge is 0.463 e. The minimum absolute atomic E-state index is 0.0780. The van der Waals surface area contributed by atoms with Crippen LogP contribution in [0.4, 0.5) is 0 Å². The van der Waals surface area contributed by atoms with E-state index in [0.29, 0.717) is 25.9 Å². The summed E-state index contributed by atoms with van der Waals surface area (Å²) in [6.45, 7) is 7.66. The number of piperidine rings is 1. The Morgan fingerprint density at radius 1 is 1.14 bits per heavy atom. The smallest absolute Gasteiger partial charge is 0.316 e. The standard InChI is InChI=1S/C21H36N2O5/c1-16-18(25)7-9-20(3,27-5)8-6-12-22(4)21(15-28-19(16)26)10-13-23(14-11-21)17(2)24/h16H,6-15H2,1-5H3/t16?,20-/m1/s1. The van der Waals surface area contributed by atoms with Gasteiger partial charge >= 0.3 is 5.97 Å². The van der Waals surface area contributed by atoms with E-state index in [9.17, 15) is 14.4 Å². The molecule has 2 atom stereocenters. The first-order chi connectivity index (χ1) is 13.1. The number of ketones is 1. The first-order valence-electron chi connectivity index (χ1n) is 10.3. The van der Waals surface area contributed by atoms with E-state index in [0.717, 1.165) is 32.2 Å². The van der Waals surface area contributed by atoms with Gasteiger partial charge in [0.1, 0.15) is 18.3 Å². The molecule has 1 spiro atoms. The maximum absolute atomic E-state index is 12.5. The quantitative estimate of drug-likeness (QED) is 0.499. The highest BCUT2D eigenvalue weighted by Gasteiger charge is 2.41. The van der Waals surface area contributed by atoms with E-state index in [1.807, 2.05) is 11.8 Å². The van der Waals surface area contributed by atoms with E-state index in [4.69, 9.17) is 9.47 Å². The number of likely N-dealkylation sites (tertiary alicyclic amines) is 1. The average Bonchev–Trinajstić information content (AvgIpc) is 2.69. The van der Waals surface area contributed by atoms with Crippen molar-refractivity contribution in [1.82, 2.24) is 9.80 Å². The van der Waals surface area contributed by atoms with Crippen molar-refractivity contribution < 1.29 is 23.9 Å². The Hall–Kier alpha value is -1.47. The third kappa shape index (κ3) is 5.32. The molecule has 7 heteroatoms. The summed E-state index contributed by atoms with van der Waals surface area (Å²) in [5, 5.41) is 0. The molecule has 0 radical (unpaired) electrons. The molecular weight excluding hydrogens is 360 g/mol. The fourth-order valence-electron chi connectivity index (χ4n) is 4.20. The van der Waals surface area contributed by atoms with Gasteiger partial charge in [0.15, 0.2) is 0 Å². The highest BCUT2D eigenvalue weighted by molar-refractivity contribution is 5.98. The molecule has 2 heterocycles. The highest BCUT2D eigenvalue weighted by atomic mass is 16.5. The van der Waals surface area contributed by atoms with Crippen LogP contribution in [0.15, 0.2) is 0 Å². The van der Waals surface area contributed by atoms with Crippen LogP contribution in [0.5, 0.6) is 0 Å². The minimum Gasteiger partial charge on any atom is -0.463 e. The van der Waals surface area contributed by atoms with Crippen LogP contribution in [0.3, 0.4) is 0 Å². The average molecular weight is 397 g/mol. The fraction of sp³-hybridized carbons (Fsp3) is 0.857. The Balaban J connectivity index is 2.20. The van der Waals surface area contributed by atoms with Crippen molar-refractivity contribution in [3.63, 3.8) is 0 Å². The Kier molecular flexibility index (Phi) is 7.62. The molecule has 7 nitrogen and oxygen atoms in total. The number of Topliss-reactive ketones (excluding diaryl/α,β-unsaturated/α-hetero) is 1. The normalized spacial score (nSPS) is 30.9. The molecule has 0 aromatic heterocycles. The molecule has 0 aromatic rings. The van der Waals surface area contributed by atoms with Crippen LogP contribution >= 0.6 is 0 Å². The maximum atomic E-state index is 12.5. The van der Waals surface area contributed by atoms with Gasteiger partial charge in [-0.05, 0) is 59.5 Å². The SMILES string of the molecule is CO[C@]1(C)CCCN(C)C2(CCN(C(C)=O)CC2)COC(=O)C(C)C(=O)CC1. The van der Waals surface area contributed by atoms with E-state index < -0.39 is 11.9 Å². The maximum Gasteiger partial charge on any atom is 0.316 e. The van der Waals surface area contributed by atoms with Crippen molar-refractivity contribution in [3.05, 3.63) is 0 Å². The molecule has 28 heavy (non-hydrogen) atoms. The number of rotatable bonds is 1. The lowest BCUT2D eigenvalue weighted by Gasteiger charge is -2.47. The van der Waals surface area contributed by atoms with Crippen molar-refractivity contribution in [2.75, 3.05) is 40.4 Å². The van der Waals surface area contributed by atoms with Crippen molar-refractivity contribution in [2.45, 2.75) is 70.4 Å². The number of cyclic esters (lactones) is 1. The summed E-state index contributed by atoms with van der Waals surface area (Å²) in [5.41, 5.74) is -0.679. The van der Waals surface area contributed by atoms with Crippen molar-refractivity contribution in [2.24, 2.45) is 5.92 Å². The number of carbonyl (C=O) groups excluding carboxylic acids is 3. The third-order valence-corrected chi connectivity index (χ3v) is 6.86. The lowest BCUT2D eigenvalue weighted by Crippen LogP contribution is -2.58. The molecule has 1 unspecified atom stereocenters. The van der Waals surface area contributed by atoms with Crippen LogP contribution in [0, 0.1) is 5.92 Å². The van der Waals surface area contributed by atoms with Crippen LogP contribution in [0.2, 0.25) is 0 Å². The van der Waals surface area contributed by atoms with Gasteiger partial charge in [-0.3, -0.25) is 19.3 Å². The van der Waals surface area contributed by atoms with Gasteiger partial charge in [-0.2, -0.15) is 0 Å². The number of hydrogen-bond acceptors (Lipinski definition) is 6. The monoisotopic (exact) mass is 396 g/mol. The number of esters is 1. The van der Waals surface area contributed by atoms with Gasteiger partial charge in [-0.1, -0.05) is 0 Å². The van der Waals surface area contributed by atoms with Crippen molar-refractivity contribution in [1.29, 1.82) is 0 Å². The third-order valence-electron chi connectivity index (χ3n) is 6.86. The molecule has 0 aromatic carbocycles. The summed E-state index contributed by atoms with van der Waals surface area (Å²) >= 11 is 0. The minimum atomic E-state index is -0.762. The van der Waals surface area contributed by atoms with Crippen LogP contribution in [-0.2, 0) is 23.9 Å². The summed E-state index contributed by atoms with van der Waals surface area (Å²) < 4.78 is 11.3. The predicted molar refractivity (Wildman–Crippen MR) is 106 cm³/mol. The van der Waals surface area contributed by atoms with E-state index in [1.54, 1.807) is 21.0 Å². The summed E-state index contributed by atoms with van der Waals surface area (Å²) in [5.74, 6) is -1.23. The molecule has 2 saturated heterocycles. The molecule has 2 fully saturated rings. The first kappa shape index (κ1) is 22.8. The number of likely N-dealkylation sites (N-methyl/N-ethyl adjacent to an activating group) is 1. The van der Waals surface area contributed by atoms with Crippen LogP contribution in [0.25, 0.3) is 0 Å². The zero-order valence-electron chi connectivity index (χ0n) is 18.1. The molecule has 0 N–H and O–H groups in total. The lowest BCUT2D eigenvalue weighted by molar-refractivity contribution is -0.157. The highest BCUT2D eigenvalue weighted by Crippen LogP contribution is 2.31. The van der Waals surface area contributed by atoms with Gasteiger partial charge in [0.25, 0.3) is 0 Å². The van der Waals surface area contributed by atoms with Crippen LogP contribution in [-0.4, -0.2) is 79.0 Å². The number of amides is 1. The van der Waals surface area contributed by atoms with Gasteiger partial charge in [0.2, 0.25) is 5.91 Å². The molecule has 1 amide bonds. The summed E-state index contributed by atoms with van der Waals surface area (Å²) in [4.78, 5) is 40.8. The van der Waals surface area contributed by atoms with Gasteiger partial charge in [-0.25, -0.2) is 0 Å². The van der Waals surface area contributed by atoms with Crippen molar-refractivity contribution >= 4 is 17.7 Å². The topological polar surface area (TPSA) is 76.2 Å². The van der Waals surface area contributed by atoms with E-state index in [1.165, 1.54) is 0 Å². The first-order valence-corrected chi connectivity index (χ1v) is 10.3. The predicted octanol–water partition coefficient (Wildman–Crippen LogP) is 2.03. The molecule has 2 aliphatic rings. The molecular formula is C21H36N2O5. The number of nitrogens with zero attached hydrogens (tertiary/aromatic N) is 2. The molecule has 0 aliphatic carbocycles. The zero-order chi connectivity index (χ0) is 20.9. The number of hydrogen-bond donors (Lipinski definition) is 0. The molecule has 2 aliphatic heterocycles. The Labute approximate surface area is 168 Å². The Bertz CT molecular complexity index is 585. The second-order valence-corrected chi connectivity index (χ2v) is 8.71. The van der Waals surface area contributed by atoms with Gasteiger partial charge in [-0.15, -0.1) is 0 Å². The number of carbonyl (C=O) groups is 3. The molecule has 160 valence electrons. The van der Waals surface area contributed by atoms with E-state index in [2.05, 4.69) is 11.9 Å². The Morgan fingerprint density at radius 2 is 1.79 bits per heavy atom. The lowest BCUT2D eigenvalue weighted by atomic mass is 9.86. The second kappa shape index (κ2) is 9.35. The van der Waals surface area contributed by atoms with Gasteiger partial charge in [0.05, 0.1) is 11.1 Å². The second-order valence-electron chi connectivity index (χ2n) is 8.71. The van der Waals surface area contributed by atoms with E-state index in [-0.39, 0.29) is 29.4 Å².